The van der Waals surface area contributed by atoms with Gasteiger partial charge in [0.2, 0.25) is 5.91 Å². The molecule has 0 radical (unpaired) electrons. The van der Waals surface area contributed by atoms with Crippen molar-refractivity contribution >= 4 is 17.5 Å². The highest BCUT2D eigenvalue weighted by Gasteiger charge is 2.27. The van der Waals surface area contributed by atoms with Crippen LogP contribution in [0.5, 0.6) is 5.75 Å². The molecular weight excluding hydrogens is 415 g/mol. The van der Waals surface area contributed by atoms with E-state index in [0.29, 0.717) is 23.0 Å². The molecule has 1 aliphatic rings. The minimum absolute atomic E-state index is 0.0143. The molecule has 168 valence electrons. The van der Waals surface area contributed by atoms with E-state index in [1.54, 1.807) is 19.2 Å². The van der Waals surface area contributed by atoms with Crippen molar-refractivity contribution in [1.82, 2.24) is 10.2 Å². The number of nitrogens with zero attached hydrogens (tertiary/aromatic N) is 1. The number of likely N-dealkylation sites (tertiary alicyclic amines) is 1. The Labute approximate surface area is 189 Å². The van der Waals surface area contributed by atoms with E-state index in [4.69, 9.17) is 16.3 Å². The van der Waals surface area contributed by atoms with E-state index in [-0.39, 0.29) is 23.7 Å². The predicted octanol–water partition coefficient (Wildman–Crippen LogP) is 5.60. The van der Waals surface area contributed by atoms with Crippen LogP contribution in [0.4, 0.5) is 4.39 Å². The first-order valence-electron chi connectivity index (χ1n) is 11.0. The number of carbonyl (C=O) groups excluding carboxylic acids is 1. The zero-order valence-electron chi connectivity index (χ0n) is 18.5. The van der Waals surface area contributed by atoms with Crippen LogP contribution in [0, 0.1) is 17.7 Å². The normalized spacial score (nSPS) is 16.3. The minimum atomic E-state index is -0.275. The van der Waals surface area contributed by atoms with E-state index in [1.165, 1.54) is 6.07 Å². The number of benzene rings is 2. The number of amides is 1. The molecule has 2 aromatic carbocycles. The van der Waals surface area contributed by atoms with Gasteiger partial charge in [0.15, 0.2) is 0 Å². The van der Waals surface area contributed by atoms with E-state index >= 15 is 0 Å². The molecule has 1 amide bonds. The number of ether oxygens (including phenoxy) is 1. The molecular formula is C25H32ClFN2O2. The summed E-state index contributed by atoms with van der Waals surface area (Å²) < 4.78 is 19.3. The average molecular weight is 447 g/mol. The van der Waals surface area contributed by atoms with Gasteiger partial charge in [-0.3, -0.25) is 9.69 Å². The number of halogens is 2. The van der Waals surface area contributed by atoms with Gasteiger partial charge in [-0.25, -0.2) is 4.39 Å². The molecule has 0 aromatic heterocycles. The maximum atomic E-state index is 14.1. The van der Waals surface area contributed by atoms with Gasteiger partial charge < -0.3 is 10.1 Å². The maximum absolute atomic E-state index is 14.1. The van der Waals surface area contributed by atoms with Crippen LogP contribution in [0.15, 0.2) is 42.5 Å². The third kappa shape index (κ3) is 6.68. The Balaban J connectivity index is 1.56. The second-order valence-electron chi connectivity index (χ2n) is 8.75. The maximum Gasteiger partial charge on any atom is 0.223 e. The summed E-state index contributed by atoms with van der Waals surface area (Å²) >= 11 is 5.84. The number of nitrogens with one attached hydrogen (secondary N) is 1. The van der Waals surface area contributed by atoms with Gasteiger partial charge in [-0.05, 0) is 68.1 Å². The first kappa shape index (κ1) is 23.6. The van der Waals surface area contributed by atoms with Crippen LogP contribution in [0.25, 0.3) is 0 Å². The van der Waals surface area contributed by atoms with E-state index in [0.717, 1.165) is 43.7 Å². The van der Waals surface area contributed by atoms with E-state index in [1.807, 2.05) is 24.3 Å². The van der Waals surface area contributed by atoms with Crippen LogP contribution in [0.3, 0.4) is 0 Å². The standard InChI is InChI=1S/C25H32ClFN2O2/c1-17(2)14-24(18-5-8-22(31-3)9-6-18)28-25(30)19-10-12-29(13-11-19)16-20-4-7-21(26)15-23(20)27/h4-9,15,17,19,24H,10-14,16H2,1-3H3,(H,28,30)/t24-/m1/s1. The lowest BCUT2D eigenvalue weighted by Gasteiger charge is -2.32. The highest BCUT2D eigenvalue weighted by Crippen LogP contribution is 2.26. The Morgan fingerprint density at radius 2 is 1.87 bits per heavy atom. The van der Waals surface area contributed by atoms with Crippen molar-refractivity contribution < 1.29 is 13.9 Å². The van der Waals surface area contributed by atoms with Crippen LogP contribution in [0.1, 0.15) is 50.3 Å². The van der Waals surface area contributed by atoms with E-state index < -0.39 is 0 Å². The summed E-state index contributed by atoms with van der Waals surface area (Å²) in [5, 5.41) is 3.69. The highest BCUT2D eigenvalue weighted by atomic mass is 35.5. The molecule has 0 unspecified atom stereocenters. The Hall–Kier alpha value is -2.11. The number of carbonyl (C=O) groups is 1. The second kappa shape index (κ2) is 11.0. The van der Waals surface area contributed by atoms with Gasteiger partial charge in [0, 0.05) is 23.0 Å². The smallest absolute Gasteiger partial charge is 0.223 e. The van der Waals surface area contributed by atoms with Crippen molar-refractivity contribution in [3.63, 3.8) is 0 Å². The summed E-state index contributed by atoms with van der Waals surface area (Å²) in [5.74, 6) is 1.09. The van der Waals surface area contributed by atoms with Crippen LogP contribution in [-0.2, 0) is 11.3 Å². The van der Waals surface area contributed by atoms with Gasteiger partial charge in [0.05, 0.1) is 13.2 Å². The van der Waals surface area contributed by atoms with Crippen molar-refractivity contribution in [2.24, 2.45) is 11.8 Å². The topological polar surface area (TPSA) is 41.6 Å². The van der Waals surface area contributed by atoms with Crippen molar-refractivity contribution in [2.45, 2.75) is 45.7 Å². The SMILES string of the molecule is COc1ccc([C@@H](CC(C)C)NC(=O)C2CCN(Cc3ccc(Cl)cc3F)CC2)cc1. The average Bonchev–Trinajstić information content (AvgIpc) is 2.75. The molecule has 1 fully saturated rings. The van der Waals surface area contributed by atoms with Crippen LogP contribution < -0.4 is 10.1 Å². The molecule has 3 rings (SSSR count). The molecule has 1 heterocycles. The molecule has 2 aromatic rings. The van der Waals surface area contributed by atoms with Crippen molar-refractivity contribution in [1.29, 1.82) is 0 Å². The molecule has 1 atom stereocenters. The van der Waals surface area contributed by atoms with Gasteiger partial charge >= 0.3 is 0 Å². The first-order valence-corrected chi connectivity index (χ1v) is 11.3. The van der Waals surface area contributed by atoms with E-state index in [9.17, 15) is 9.18 Å². The Bertz CT molecular complexity index is 864. The Kier molecular flexibility index (Phi) is 8.33. The summed E-state index contributed by atoms with van der Waals surface area (Å²) in [5.41, 5.74) is 1.74. The summed E-state index contributed by atoms with van der Waals surface area (Å²) in [6, 6.07) is 12.7. The molecule has 4 nitrogen and oxygen atoms in total. The molecule has 0 saturated carbocycles. The predicted molar refractivity (Wildman–Crippen MR) is 123 cm³/mol. The fourth-order valence-electron chi connectivity index (χ4n) is 4.12. The van der Waals surface area contributed by atoms with Crippen LogP contribution >= 0.6 is 11.6 Å². The highest BCUT2D eigenvalue weighted by molar-refractivity contribution is 6.30. The quantitative estimate of drug-likeness (QED) is 0.573. The minimum Gasteiger partial charge on any atom is -0.497 e. The molecule has 1 N–H and O–H groups in total. The largest absolute Gasteiger partial charge is 0.497 e. The molecule has 1 aliphatic heterocycles. The fourth-order valence-corrected chi connectivity index (χ4v) is 4.28. The number of hydrogen-bond acceptors (Lipinski definition) is 3. The lowest BCUT2D eigenvalue weighted by Crippen LogP contribution is -2.41. The molecule has 0 aliphatic carbocycles. The monoisotopic (exact) mass is 446 g/mol. The van der Waals surface area contributed by atoms with Crippen molar-refractivity contribution in [3.05, 3.63) is 64.4 Å². The Morgan fingerprint density at radius 3 is 2.45 bits per heavy atom. The van der Waals surface area contributed by atoms with Crippen molar-refractivity contribution in [3.8, 4) is 5.75 Å². The number of rotatable bonds is 8. The van der Waals surface area contributed by atoms with Gasteiger partial charge in [0.1, 0.15) is 11.6 Å². The molecule has 6 heteroatoms. The molecule has 1 saturated heterocycles. The summed E-state index contributed by atoms with van der Waals surface area (Å²) in [4.78, 5) is 15.2. The number of hydrogen-bond donors (Lipinski definition) is 1. The first-order chi connectivity index (χ1) is 14.9. The summed E-state index contributed by atoms with van der Waals surface area (Å²) in [6.07, 6.45) is 2.43. The molecule has 0 spiro atoms. The zero-order chi connectivity index (χ0) is 22.4. The van der Waals surface area contributed by atoms with Gasteiger partial charge in [-0.15, -0.1) is 0 Å². The van der Waals surface area contributed by atoms with Gasteiger partial charge in [0.25, 0.3) is 0 Å². The molecule has 31 heavy (non-hydrogen) atoms. The third-order valence-electron chi connectivity index (χ3n) is 5.91. The number of piperidine rings is 1. The zero-order valence-corrected chi connectivity index (χ0v) is 19.3. The summed E-state index contributed by atoms with van der Waals surface area (Å²) in [6.45, 7) is 6.42. The van der Waals surface area contributed by atoms with Gasteiger partial charge in [-0.2, -0.15) is 0 Å². The van der Waals surface area contributed by atoms with Crippen molar-refractivity contribution in [2.75, 3.05) is 20.2 Å². The molecule has 0 bridgehead atoms. The lowest BCUT2D eigenvalue weighted by atomic mass is 9.92. The van der Waals surface area contributed by atoms with Crippen LogP contribution in [0.2, 0.25) is 5.02 Å². The van der Waals surface area contributed by atoms with Gasteiger partial charge in [-0.1, -0.05) is 43.6 Å². The second-order valence-corrected chi connectivity index (χ2v) is 9.19. The fraction of sp³-hybridized carbons (Fsp3) is 0.480. The van der Waals surface area contributed by atoms with Crippen LogP contribution in [-0.4, -0.2) is 31.0 Å². The number of methoxy groups -OCH3 is 1. The van der Waals surface area contributed by atoms with E-state index in [2.05, 4.69) is 24.1 Å². The lowest BCUT2D eigenvalue weighted by molar-refractivity contribution is -0.127. The Morgan fingerprint density at radius 1 is 1.19 bits per heavy atom. The third-order valence-corrected chi connectivity index (χ3v) is 6.14. The summed E-state index contributed by atoms with van der Waals surface area (Å²) in [7, 11) is 1.65.